The molecule has 0 saturated heterocycles. The number of nitrogens with one attached hydrogen (secondary N) is 1. The van der Waals surface area contributed by atoms with Crippen LogP contribution in [-0.4, -0.2) is 40.1 Å². The number of carbonyl (C=O) groups is 2. The number of benzene rings is 2. The van der Waals surface area contributed by atoms with E-state index in [0.717, 1.165) is 10.6 Å². The van der Waals surface area contributed by atoms with E-state index in [-0.39, 0.29) is 18.4 Å². The minimum absolute atomic E-state index is 0.0686. The van der Waals surface area contributed by atoms with E-state index in [1.807, 2.05) is 0 Å². The van der Waals surface area contributed by atoms with Gasteiger partial charge in [-0.2, -0.15) is 0 Å². The quantitative estimate of drug-likeness (QED) is 0.903. The van der Waals surface area contributed by atoms with Gasteiger partial charge in [0.1, 0.15) is 6.54 Å². The van der Waals surface area contributed by atoms with Crippen LogP contribution in [0.15, 0.2) is 48.5 Å². The predicted molar refractivity (Wildman–Crippen MR) is 96.4 cm³/mol. The van der Waals surface area contributed by atoms with Crippen molar-refractivity contribution >= 4 is 38.9 Å². The van der Waals surface area contributed by atoms with Gasteiger partial charge in [-0.1, -0.05) is 12.1 Å². The van der Waals surface area contributed by atoms with E-state index in [4.69, 9.17) is 0 Å². The molecule has 0 atom stereocenters. The Balaban J connectivity index is 1.90. The fourth-order valence-electron chi connectivity index (χ4n) is 2.58. The first kappa shape index (κ1) is 17.0. The summed E-state index contributed by atoms with van der Waals surface area (Å²) in [6.45, 7) is -0.0686. The highest BCUT2D eigenvalue weighted by molar-refractivity contribution is 7.92. The summed E-state index contributed by atoms with van der Waals surface area (Å²) < 4.78 is 24.3. The Bertz CT molecular complexity index is 939. The number of carbonyl (C=O) groups excluding carboxylic acids is 2. The lowest BCUT2D eigenvalue weighted by Crippen LogP contribution is -2.42. The van der Waals surface area contributed by atoms with Crippen LogP contribution in [0.2, 0.25) is 0 Å². The van der Waals surface area contributed by atoms with Gasteiger partial charge >= 0.3 is 0 Å². The van der Waals surface area contributed by atoms with Crippen LogP contribution >= 0.6 is 0 Å². The van der Waals surface area contributed by atoms with Gasteiger partial charge in [0, 0.05) is 12.6 Å². The second kappa shape index (κ2) is 6.21. The first-order valence-corrected chi connectivity index (χ1v) is 9.37. The van der Waals surface area contributed by atoms with Crippen LogP contribution in [0.1, 0.15) is 10.4 Å². The van der Waals surface area contributed by atoms with E-state index in [1.54, 1.807) is 48.5 Å². The molecular weight excluding hydrogens is 342 g/mol. The molecule has 7 nitrogen and oxygen atoms in total. The number of fused-ring (bicyclic) bond motifs is 1. The molecule has 2 amide bonds. The van der Waals surface area contributed by atoms with Gasteiger partial charge in [-0.15, -0.1) is 0 Å². The van der Waals surface area contributed by atoms with Crippen LogP contribution in [0.25, 0.3) is 0 Å². The molecule has 1 aliphatic rings. The van der Waals surface area contributed by atoms with Gasteiger partial charge in [0.05, 0.1) is 23.3 Å². The summed E-state index contributed by atoms with van der Waals surface area (Å²) in [7, 11) is -1.93. The molecule has 0 radical (unpaired) electrons. The van der Waals surface area contributed by atoms with Gasteiger partial charge in [-0.05, 0) is 36.4 Å². The third-order valence-corrected chi connectivity index (χ3v) is 5.20. The first-order chi connectivity index (χ1) is 11.8. The molecule has 3 rings (SSSR count). The molecule has 130 valence electrons. The fraction of sp³-hybridized carbons (Fsp3) is 0.176. The summed E-state index contributed by atoms with van der Waals surface area (Å²) in [4.78, 5) is 26.1. The zero-order chi connectivity index (χ0) is 18.2. The lowest BCUT2D eigenvalue weighted by Gasteiger charge is -2.29. The molecule has 0 fully saturated rings. The van der Waals surface area contributed by atoms with Crippen molar-refractivity contribution in [1.82, 2.24) is 0 Å². The van der Waals surface area contributed by atoms with Crippen LogP contribution in [0, 0.1) is 0 Å². The van der Waals surface area contributed by atoms with Gasteiger partial charge in [-0.3, -0.25) is 18.8 Å². The van der Waals surface area contributed by atoms with Gasteiger partial charge in [0.2, 0.25) is 15.9 Å². The average Bonchev–Trinajstić information content (AvgIpc) is 2.59. The molecule has 1 aliphatic heterocycles. The Hall–Kier alpha value is -2.87. The number of nitrogens with zero attached hydrogens (tertiary/aromatic N) is 2. The third-order valence-electron chi connectivity index (χ3n) is 3.99. The summed E-state index contributed by atoms with van der Waals surface area (Å²) in [5.41, 5.74) is 2.04. The molecular formula is C17H17N3O4S. The van der Waals surface area contributed by atoms with E-state index in [2.05, 4.69) is 5.32 Å². The molecule has 0 aliphatic carbocycles. The van der Waals surface area contributed by atoms with E-state index in [9.17, 15) is 18.0 Å². The van der Waals surface area contributed by atoms with Crippen molar-refractivity contribution < 1.29 is 18.0 Å². The van der Waals surface area contributed by atoms with Crippen molar-refractivity contribution in [3.05, 3.63) is 54.1 Å². The maximum Gasteiger partial charge on any atom is 0.258 e. The standard InChI is InChI=1S/C17H17N3O4S/c1-19(25(2,23)24)13-9-7-12(8-10-13)17(22)20-11-16(21)18-14-5-3-4-6-15(14)20/h3-10H,11H2,1-2H3,(H,18,21). The minimum atomic E-state index is -3.37. The SMILES string of the molecule is CN(c1ccc(C(=O)N2CC(=O)Nc3ccccc32)cc1)S(C)(=O)=O. The number of amides is 2. The zero-order valence-electron chi connectivity index (χ0n) is 13.8. The molecule has 0 aromatic heterocycles. The number of sulfonamides is 1. The average molecular weight is 359 g/mol. The normalized spacial score (nSPS) is 13.8. The second-order valence-corrected chi connectivity index (χ2v) is 7.75. The van der Waals surface area contributed by atoms with E-state index in [1.165, 1.54) is 11.9 Å². The number of rotatable bonds is 3. The molecule has 1 N–H and O–H groups in total. The van der Waals surface area contributed by atoms with Gasteiger partial charge < -0.3 is 5.32 Å². The molecule has 0 bridgehead atoms. The van der Waals surface area contributed by atoms with Crippen LogP contribution < -0.4 is 14.5 Å². The van der Waals surface area contributed by atoms with Crippen LogP contribution in [0.5, 0.6) is 0 Å². The lowest BCUT2D eigenvalue weighted by molar-refractivity contribution is -0.115. The van der Waals surface area contributed by atoms with Crippen LogP contribution in [0.4, 0.5) is 17.1 Å². The Morgan fingerprint density at radius 3 is 2.40 bits per heavy atom. The highest BCUT2D eigenvalue weighted by atomic mass is 32.2. The van der Waals surface area contributed by atoms with Crippen molar-refractivity contribution in [2.75, 3.05) is 34.4 Å². The maximum absolute atomic E-state index is 12.8. The predicted octanol–water partition coefficient (Wildman–Crippen LogP) is 1.68. The number of hydrogen-bond donors (Lipinski definition) is 1. The number of para-hydroxylation sites is 2. The summed E-state index contributed by atoms with van der Waals surface area (Å²) in [6, 6.07) is 13.3. The lowest BCUT2D eigenvalue weighted by atomic mass is 10.1. The first-order valence-electron chi connectivity index (χ1n) is 7.52. The van der Waals surface area contributed by atoms with E-state index < -0.39 is 10.0 Å². The second-order valence-electron chi connectivity index (χ2n) is 5.73. The molecule has 0 spiro atoms. The summed E-state index contributed by atoms with van der Waals surface area (Å²) >= 11 is 0. The number of anilines is 3. The molecule has 2 aromatic rings. The smallest absolute Gasteiger partial charge is 0.258 e. The highest BCUT2D eigenvalue weighted by Crippen LogP contribution is 2.30. The van der Waals surface area contributed by atoms with Crippen molar-refractivity contribution in [2.24, 2.45) is 0 Å². The highest BCUT2D eigenvalue weighted by Gasteiger charge is 2.27. The van der Waals surface area contributed by atoms with Gasteiger partial charge in [0.25, 0.3) is 5.91 Å². The Kier molecular flexibility index (Phi) is 4.22. The summed E-state index contributed by atoms with van der Waals surface area (Å²) in [6.07, 6.45) is 1.11. The van der Waals surface area contributed by atoms with E-state index in [0.29, 0.717) is 22.6 Å². The van der Waals surface area contributed by atoms with Crippen molar-refractivity contribution in [3.63, 3.8) is 0 Å². The topological polar surface area (TPSA) is 86.8 Å². The van der Waals surface area contributed by atoms with Crippen LogP contribution in [0.3, 0.4) is 0 Å². The molecule has 8 heteroatoms. The largest absolute Gasteiger partial charge is 0.323 e. The molecule has 25 heavy (non-hydrogen) atoms. The zero-order valence-corrected chi connectivity index (χ0v) is 14.6. The van der Waals surface area contributed by atoms with Crippen molar-refractivity contribution in [2.45, 2.75) is 0 Å². The fourth-order valence-corrected chi connectivity index (χ4v) is 3.08. The molecule has 0 unspecified atom stereocenters. The van der Waals surface area contributed by atoms with Crippen molar-refractivity contribution in [3.8, 4) is 0 Å². The van der Waals surface area contributed by atoms with Crippen LogP contribution in [-0.2, 0) is 14.8 Å². The summed E-state index contributed by atoms with van der Waals surface area (Å²) in [5, 5.41) is 2.73. The Labute approximate surface area is 145 Å². The molecule has 2 aromatic carbocycles. The monoisotopic (exact) mass is 359 g/mol. The Morgan fingerprint density at radius 2 is 1.76 bits per heavy atom. The van der Waals surface area contributed by atoms with E-state index >= 15 is 0 Å². The molecule has 1 heterocycles. The molecule has 0 saturated carbocycles. The van der Waals surface area contributed by atoms with Gasteiger partial charge in [-0.25, -0.2) is 8.42 Å². The Morgan fingerprint density at radius 1 is 1.12 bits per heavy atom. The summed E-state index contributed by atoms with van der Waals surface area (Å²) in [5.74, 6) is -0.587. The van der Waals surface area contributed by atoms with Gasteiger partial charge in [0.15, 0.2) is 0 Å². The maximum atomic E-state index is 12.8. The third kappa shape index (κ3) is 3.34. The van der Waals surface area contributed by atoms with Crippen molar-refractivity contribution in [1.29, 1.82) is 0 Å². The minimum Gasteiger partial charge on any atom is -0.323 e. The number of hydrogen-bond acceptors (Lipinski definition) is 4.